The Kier molecular flexibility index (Phi) is 3.34. The summed E-state index contributed by atoms with van der Waals surface area (Å²) in [6, 6.07) is 17.9. The lowest BCUT2D eigenvalue weighted by molar-refractivity contribution is 0.141. The first-order valence-electron chi connectivity index (χ1n) is 5.32. The molecule has 0 aromatic heterocycles. The average molecular weight is 213 g/mol. The van der Waals surface area contributed by atoms with Crippen molar-refractivity contribution in [1.29, 1.82) is 0 Å². The standard InChI is InChI=1S/C14H15NO/c1-11-7-9-13(10-8-11)14(15-16)12-5-3-2-4-6-12/h2-10,14-16H,1H3/t14-/m1/s1. The van der Waals surface area contributed by atoms with E-state index in [0.717, 1.165) is 11.1 Å². The molecule has 1 atom stereocenters. The highest BCUT2D eigenvalue weighted by Gasteiger charge is 2.11. The topological polar surface area (TPSA) is 32.3 Å². The lowest BCUT2D eigenvalue weighted by atomic mass is 9.99. The third-order valence-corrected chi connectivity index (χ3v) is 2.67. The molecule has 0 heterocycles. The van der Waals surface area contributed by atoms with Gasteiger partial charge < -0.3 is 5.21 Å². The van der Waals surface area contributed by atoms with E-state index in [9.17, 15) is 5.21 Å². The van der Waals surface area contributed by atoms with Crippen molar-refractivity contribution in [3.05, 3.63) is 71.3 Å². The second-order valence-corrected chi connectivity index (χ2v) is 3.88. The van der Waals surface area contributed by atoms with Gasteiger partial charge in [-0.1, -0.05) is 60.2 Å². The van der Waals surface area contributed by atoms with Gasteiger partial charge in [-0.2, -0.15) is 5.48 Å². The van der Waals surface area contributed by atoms with Crippen molar-refractivity contribution in [2.24, 2.45) is 0 Å². The fourth-order valence-electron chi connectivity index (χ4n) is 1.75. The fraction of sp³-hybridized carbons (Fsp3) is 0.143. The van der Waals surface area contributed by atoms with Gasteiger partial charge in [0, 0.05) is 0 Å². The summed E-state index contributed by atoms with van der Waals surface area (Å²) in [5, 5.41) is 9.25. The molecule has 2 N–H and O–H groups in total. The van der Waals surface area contributed by atoms with Crippen LogP contribution in [0.2, 0.25) is 0 Å². The molecule has 2 nitrogen and oxygen atoms in total. The summed E-state index contributed by atoms with van der Waals surface area (Å²) in [5.41, 5.74) is 5.68. The Morgan fingerprint density at radius 2 is 1.44 bits per heavy atom. The summed E-state index contributed by atoms with van der Waals surface area (Å²) < 4.78 is 0. The molecule has 2 heteroatoms. The number of hydroxylamine groups is 1. The summed E-state index contributed by atoms with van der Waals surface area (Å²) in [4.78, 5) is 0. The highest BCUT2D eigenvalue weighted by molar-refractivity contribution is 5.32. The van der Waals surface area contributed by atoms with Gasteiger partial charge in [0.1, 0.15) is 0 Å². The van der Waals surface area contributed by atoms with E-state index in [1.165, 1.54) is 5.56 Å². The van der Waals surface area contributed by atoms with E-state index in [2.05, 4.69) is 5.48 Å². The van der Waals surface area contributed by atoms with Crippen LogP contribution in [0.15, 0.2) is 54.6 Å². The van der Waals surface area contributed by atoms with Crippen LogP contribution in [0.3, 0.4) is 0 Å². The van der Waals surface area contributed by atoms with Gasteiger partial charge in [-0.25, -0.2) is 0 Å². The van der Waals surface area contributed by atoms with Gasteiger partial charge in [0.25, 0.3) is 0 Å². The molecule has 2 rings (SSSR count). The van der Waals surface area contributed by atoms with Crippen LogP contribution < -0.4 is 5.48 Å². The number of rotatable bonds is 3. The molecule has 0 saturated carbocycles. The molecule has 0 bridgehead atoms. The lowest BCUT2D eigenvalue weighted by Gasteiger charge is -2.16. The molecule has 0 spiro atoms. The van der Waals surface area contributed by atoms with Gasteiger partial charge in [0.2, 0.25) is 0 Å². The van der Waals surface area contributed by atoms with Crippen molar-refractivity contribution in [1.82, 2.24) is 5.48 Å². The van der Waals surface area contributed by atoms with Crippen molar-refractivity contribution in [3.8, 4) is 0 Å². The van der Waals surface area contributed by atoms with Gasteiger partial charge in [0.05, 0.1) is 6.04 Å². The first-order valence-corrected chi connectivity index (χ1v) is 5.32. The summed E-state index contributed by atoms with van der Waals surface area (Å²) in [6.07, 6.45) is 0. The maximum Gasteiger partial charge on any atom is 0.0819 e. The van der Waals surface area contributed by atoms with Crippen molar-refractivity contribution in [3.63, 3.8) is 0 Å². The van der Waals surface area contributed by atoms with Crippen LogP contribution in [0.25, 0.3) is 0 Å². The maximum absolute atomic E-state index is 9.25. The number of aryl methyl sites for hydroxylation is 1. The van der Waals surface area contributed by atoms with E-state index in [-0.39, 0.29) is 6.04 Å². The molecular weight excluding hydrogens is 198 g/mol. The molecule has 0 radical (unpaired) electrons. The number of hydrogen-bond acceptors (Lipinski definition) is 2. The number of hydrogen-bond donors (Lipinski definition) is 2. The SMILES string of the molecule is Cc1ccc([C@H](NO)c2ccccc2)cc1. The van der Waals surface area contributed by atoms with Crippen molar-refractivity contribution < 1.29 is 5.21 Å². The van der Waals surface area contributed by atoms with E-state index in [0.29, 0.717) is 0 Å². The van der Waals surface area contributed by atoms with Crippen LogP contribution in [-0.2, 0) is 0 Å². The zero-order chi connectivity index (χ0) is 11.4. The van der Waals surface area contributed by atoms with Crippen molar-refractivity contribution in [2.45, 2.75) is 13.0 Å². The molecule has 0 fully saturated rings. The molecule has 2 aromatic rings. The molecule has 0 unspecified atom stereocenters. The number of nitrogens with one attached hydrogen (secondary N) is 1. The Bertz CT molecular complexity index is 436. The summed E-state index contributed by atoms with van der Waals surface area (Å²) in [5.74, 6) is 0. The van der Waals surface area contributed by atoms with Gasteiger partial charge in [-0.3, -0.25) is 0 Å². The van der Waals surface area contributed by atoms with Gasteiger partial charge in [0.15, 0.2) is 0 Å². The van der Waals surface area contributed by atoms with Gasteiger partial charge in [-0.05, 0) is 18.1 Å². The molecule has 0 aliphatic rings. The van der Waals surface area contributed by atoms with E-state index < -0.39 is 0 Å². The number of benzene rings is 2. The zero-order valence-electron chi connectivity index (χ0n) is 9.22. The Morgan fingerprint density at radius 3 is 2.00 bits per heavy atom. The smallest absolute Gasteiger partial charge is 0.0819 e. The summed E-state index contributed by atoms with van der Waals surface area (Å²) in [7, 11) is 0. The van der Waals surface area contributed by atoms with E-state index in [1.807, 2.05) is 61.5 Å². The Balaban J connectivity index is 2.33. The quantitative estimate of drug-likeness (QED) is 0.768. The van der Waals surface area contributed by atoms with E-state index >= 15 is 0 Å². The predicted octanol–water partition coefficient (Wildman–Crippen LogP) is 3.06. The molecule has 82 valence electrons. The summed E-state index contributed by atoms with van der Waals surface area (Å²) in [6.45, 7) is 2.05. The highest BCUT2D eigenvalue weighted by Crippen LogP contribution is 2.21. The molecule has 0 aliphatic heterocycles. The van der Waals surface area contributed by atoms with Crippen LogP contribution in [0.5, 0.6) is 0 Å². The van der Waals surface area contributed by atoms with Crippen molar-refractivity contribution in [2.75, 3.05) is 0 Å². The predicted molar refractivity (Wildman–Crippen MR) is 64.4 cm³/mol. The molecule has 0 saturated heterocycles. The molecule has 2 aromatic carbocycles. The second kappa shape index (κ2) is 4.92. The second-order valence-electron chi connectivity index (χ2n) is 3.88. The lowest BCUT2D eigenvalue weighted by Crippen LogP contribution is -2.18. The normalized spacial score (nSPS) is 12.4. The van der Waals surface area contributed by atoms with Crippen LogP contribution in [0, 0.1) is 6.92 Å². The highest BCUT2D eigenvalue weighted by atomic mass is 16.5. The maximum atomic E-state index is 9.25. The van der Waals surface area contributed by atoms with Crippen molar-refractivity contribution >= 4 is 0 Å². The van der Waals surface area contributed by atoms with Crippen LogP contribution in [0.1, 0.15) is 22.7 Å². The largest absolute Gasteiger partial charge is 0.316 e. The first-order chi connectivity index (χ1) is 7.81. The Morgan fingerprint density at radius 1 is 0.875 bits per heavy atom. The first kappa shape index (κ1) is 10.9. The van der Waals surface area contributed by atoms with Crippen LogP contribution in [0.4, 0.5) is 0 Å². The summed E-state index contributed by atoms with van der Waals surface area (Å²) >= 11 is 0. The van der Waals surface area contributed by atoms with Crippen LogP contribution >= 0.6 is 0 Å². The minimum Gasteiger partial charge on any atom is -0.316 e. The molecular formula is C14H15NO. The molecule has 0 aliphatic carbocycles. The van der Waals surface area contributed by atoms with Gasteiger partial charge in [-0.15, -0.1) is 0 Å². The Labute approximate surface area is 95.5 Å². The van der Waals surface area contributed by atoms with Crippen LogP contribution in [-0.4, -0.2) is 5.21 Å². The minimum atomic E-state index is -0.165. The Hall–Kier alpha value is -1.64. The van der Waals surface area contributed by atoms with E-state index in [1.54, 1.807) is 0 Å². The van der Waals surface area contributed by atoms with Gasteiger partial charge >= 0.3 is 0 Å². The monoisotopic (exact) mass is 213 g/mol. The zero-order valence-corrected chi connectivity index (χ0v) is 9.22. The third-order valence-electron chi connectivity index (χ3n) is 2.67. The van der Waals surface area contributed by atoms with E-state index in [4.69, 9.17) is 0 Å². The molecule has 16 heavy (non-hydrogen) atoms. The average Bonchev–Trinajstić information content (AvgIpc) is 2.34. The fourth-order valence-corrected chi connectivity index (χ4v) is 1.75. The third kappa shape index (κ3) is 2.30. The molecule has 0 amide bonds. The minimum absolute atomic E-state index is 0.165.